The predicted octanol–water partition coefficient (Wildman–Crippen LogP) is 3.95. The second kappa shape index (κ2) is 11.3. The van der Waals surface area contributed by atoms with Gasteiger partial charge in [-0.3, -0.25) is 9.69 Å². The summed E-state index contributed by atoms with van der Waals surface area (Å²) >= 11 is 0. The van der Waals surface area contributed by atoms with Crippen molar-refractivity contribution in [3.63, 3.8) is 0 Å². The average Bonchev–Trinajstić information content (AvgIpc) is 3.61. The first-order valence-corrected chi connectivity index (χ1v) is 12.6. The highest BCUT2D eigenvalue weighted by Gasteiger charge is 2.17. The number of fused-ring (bicyclic) bond motifs is 1. The largest absolute Gasteiger partial charge is 0.493 e. The van der Waals surface area contributed by atoms with Gasteiger partial charge in [0.05, 0.1) is 18.5 Å². The molecule has 38 heavy (non-hydrogen) atoms. The topological polar surface area (TPSA) is 133 Å². The summed E-state index contributed by atoms with van der Waals surface area (Å²) in [5.74, 6) is 0.581. The number of carboxylic acid groups (broad SMARTS) is 1. The second-order valence-electron chi connectivity index (χ2n) is 8.98. The highest BCUT2D eigenvalue weighted by Crippen LogP contribution is 2.37. The predicted molar refractivity (Wildman–Crippen MR) is 144 cm³/mol. The molecule has 3 N–H and O–H groups in total. The molecule has 0 atom stereocenters. The molecule has 5 rings (SSSR count). The van der Waals surface area contributed by atoms with E-state index in [1.807, 2.05) is 43.3 Å². The number of likely N-dealkylation sites (tertiary alicyclic amines) is 1. The van der Waals surface area contributed by atoms with Crippen molar-refractivity contribution >= 4 is 23.2 Å². The Morgan fingerprint density at radius 3 is 2.74 bits per heavy atom. The van der Waals surface area contributed by atoms with Gasteiger partial charge in [0.25, 0.3) is 5.56 Å². The minimum atomic E-state index is -1.02. The van der Waals surface area contributed by atoms with Crippen molar-refractivity contribution in [2.45, 2.75) is 19.8 Å². The molecule has 0 amide bonds. The number of carbonyl (C=O) groups is 1. The van der Waals surface area contributed by atoms with Crippen LogP contribution in [0.1, 0.15) is 25.3 Å². The summed E-state index contributed by atoms with van der Waals surface area (Å²) < 4.78 is 12.2. The molecule has 1 aliphatic rings. The van der Waals surface area contributed by atoms with Crippen LogP contribution in [0, 0.1) is 0 Å². The van der Waals surface area contributed by atoms with Crippen LogP contribution in [-0.2, 0) is 4.79 Å². The Balaban J connectivity index is 1.52. The van der Waals surface area contributed by atoms with E-state index in [-0.39, 0.29) is 11.1 Å². The van der Waals surface area contributed by atoms with Crippen molar-refractivity contribution in [1.29, 1.82) is 0 Å². The molecule has 3 heterocycles. The summed E-state index contributed by atoms with van der Waals surface area (Å²) in [6, 6.07) is 11.2. The number of imidazole rings is 1. The van der Waals surface area contributed by atoms with E-state index in [0.717, 1.165) is 42.4 Å². The fraction of sp³-hybridized carbons (Fsp3) is 0.286. The van der Waals surface area contributed by atoms with Crippen molar-refractivity contribution in [3.8, 4) is 34.0 Å². The molecular weight excluding hydrogens is 486 g/mol. The lowest BCUT2D eigenvalue weighted by Crippen LogP contribution is -2.25. The molecule has 196 valence electrons. The van der Waals surface area contributed by atoms with Gasteiger partial charge in [0, 0.05) is 18.2 Å². The molecule has 0 aliphatic carbocycles. The van der Waals surface area contributed by atoms with Crippen molar-refractivity contribution in [2.75, 3.05) is 32.8 Å². The van der Waals surface area contributed by atoms with Crippen molar-refractivity contribution in [2.24, 2.45) is 0 Å². The van der Waals surface area contributed by atoms with E-state index in [1.54, 1.807) is 6.08 Å². The zero-order valence-corrected chi connectivity index (χ0v) is 21.1. The number of rotatable bonds is 10. The van der Waals surface area contributed by atoms with Crippen LogP contribution in [-0.4, -0.2) is 68.8 Å². The lowest BCUT2D eigenvalue weighted by atomic mass is 9.99. The smallest absolute Gasteiger partial charge is 0.328 e. The van der Waals surface area contributed by atoms with E-state index >= 15 is 0 Å². The number of hydrogen-bond acceptors (Lipinski definition) is 7. The van der Waals surface area contributed by atoms with E-state index < -0.39 is 5.97 Å². The molecular formula is C28H29N5O5. The molecule has 2 aromatic heterocycles. The van der Waals surface area contributed by atoms with Crippen LogP contribution >= 0.6 is 0 Å². The molecule has 0 saturated carbocycles. The van der Waals surface area contributed by atoms with Crippen molar-refractivity contribution in [1.82, 2.24) is 24.8 Å². The normalized spacial score (nSPS) is 13.9. The van der Waals surface area contributed by atoms with Crippen LogP contribution in [0.4, 0.5) is 0 Å². The zero-order valence-electron chi connectivity index (χ0n) is 21.1. The Morgan fingerprint density at radius 2 is 1.95 bits per heavy atom. The number of carboxylic acids is 1. The third kappa shape index (κ3) is 5.60. The highest BCUT2D eigenvalue weighted by atomic mass is 16.5. The lowest BCUT2D eigenvalue weighted by Gasteiger charge is -2.18. The molecule has 0 radical (unpaired) electrons. The lowest BCUT2D eigenvalue weighted by molar-refractivity contribution is -0.131. The van der Waals surface area contributed by atoms with Crippen LogP contribution in [0.25, 0.3) is 39.8 Å². The highest BCUT2D eigenvalue weighted by molar-refractivity contribution is 5.86. The fourth-order valence-electron chi connectivity index (χ4n) is 4.59. The van der Waals surface area contributed by atoms with Crippen LogP contribution in [0.5, 0.6) is 11.5 Å². The van der Waals surface area contributed by atoms with Crippen molar-refractivity contribution in [3.05, 3.63) is 64.7 Å². The molecule has 10 heteroatoms. The first kappa shape index (κ1) is 25.2. The van der Waals surface area contributed by atoms with E-state index in [4.69, 9.17) is 14.6 Å². The van der Waals surface area contributed by atoms with Crippen LogP contribution in [0.15, 0.2) is 53.6 Å². The maximum Gasteiger partial charge on any atom is 0.328 e. The third-order valence-electron chi connectivity index (χ3n) is 6.42. The summed E-state index contributed by atoms with van der Waals surface area (Å²) in [5.41, 5.74) is 3.27. The zero-order chi connectivity index (χ0) is 26.5. The van der Waals surface area contributed by atoms with Gasteiger partial charge in [0.1, 0.15) is 23.9 Å². The molecule has 1 saturated heterocycles. The molecule has 1 fully saturated rings. The molecule has 0 bridgehead atoms. The Kier molecular flexibility index (Phi) is 7.50. The number of nitrogens with one attached hydrogen (secondary N) is 2. The molecule has 0 unspecified atom stereocenters. The molecule has 1 aliphatic heterocycles. The molecule has 2 aromatic carbocycles. The standard InChI is InChI=1S/C28H29N5O5/c1-2-37-23-16-19(7-8-20(23)26-31-27-25(28(36)32-26)29-17-30-27)21-15-18(6-10-24(34)35)5-9-22(21)38-14-13-33-11-3-4-12-33/h5-10,15-17H,2-4,11-14H2,1H3,(H,34,35)(H2,29,30,31,32,36)/b10-6+. The van der Waals surface area contributed by atoms with Gasteiger partial charge >= 0.3 is 5.97 Å². The van der Waals surface area contributed by atoms with Gasteiger partial charge in [-0.25, -0.2) is 14.8 Å². The van der Waals surface area contributed by atoms with Gasteiger partial charge in [-0.05, 0) is 74.3 Å². The number of ether oxygens (including phenoxy) is 2. The fourth-order valence-corrected chi connectivity index (χ4v) is 4.59. The van der Waals surface area contributed by atoms with Crippen LogP contribution in [0.3, 0.4) is 0 Å². The summed E-state index contributed by atoms with van der Waals surface area (Å²) in [4.78, 5) is 40.1. The Hall–Kier alpha value is -4.44. The number of H-pyrrole nitrogens is 2. The van der Waals surface area contributed by atoms with Gasteiger partial charge in [0.15, 0.2) is 11.2 Å². The first-order valence-electron chi connectivity index (χ1n) is 12.6. The summed E-state index contributed by atoms with van der Waals surface area (Å²) in [6.45, 7) is 5.87. The van der Waals surface area contributed by atoms with E-state index in [0.29, 0.717) is 41.7 Å². The van der Waals surface area contributed by atoms with Gasteiger partial charge in [-0.15, -0.1) is 0 Å². The monoisotopic (exact) mass is 515 g/mol. The van der Waals surface area contributed by atoms with E-state index in [2.05, 4.69) is 24.8 Å². The Morgan fingerprint density at radius 1 is 1.11 bits per heavy atom. The van der Waals surface area contributed by atoms with Gasteiger partial charge < -0.3 is 24.5 Å². The van der Waals surface area contributed by atoms with Gasteiger partial charge in [-0.1, -0.05) is 12.1 Å². The maximum absolute atomic E-state index is 12.5. The Labute approximate surface area is 219 Å². The third-order valence-corrected chi connectivity index (χ3v) is 6.42. The number of benzene rings is 2. The minimum absolute atomic E-state index is 0.241. The van der Waals surface area contributed by atoms with Crippen LogP contribution in [0.2, 0.25) is 0 Å². The minimum Gasteiger partial charge on any atom is -0.493 e. The quantitative estimate of drug-likeness (QED) is 0.270. The summed E-state index contributed by atoms with van der Waals surface area (Å²) in [5, 5.41) is 9.07. The SMILES string of the molecule is CCOc1cc(-c2cc(/C=C/C(=O)O)ccc2OCCN2CCCC2)ccc1-c1nc2[nH]cnc2c(=O)[nH]1. The average molecular weight is 516 g/mol. The number of hydrogen-bond donors (Lipinski definition) is 3. The number of nitrogens with zero attached hydrogens (tertiary/aromatic N) is 3. The summed E-state index contributed by atoms with van der Waals surface area (Å²) in [7, 11) is 0. The summed E-state index contributed by atoms with van der Waals surface area (Å²) in [6.07, 6.45) is 6.52. The van der Waals surface area contributed by atoms with Crippen LogP contribution < -0.4 is 15.0 Å². The van der Waals surface area contributed by atoms with Crippen molar-refractivity contribution < 1.29 is 19.4 Å². The molecule has 4 aromatic rings. The van der Waals surface area contributed by atoms with Gasteiger partial charge in [-0.2, -0.15) is 0 Å². The van der Waals surface area contributed by atoms with Gasteiger partial charge in [0.2, 0.25) is 0 Å². The molecule has 0 spiro atoms. The Bertz CT molecular complexity index is 1530. The first-order chi connectivity index (χ1) is 18.5. The second-order valence-corrected chi connectivity index (χ2v) is 8.98. The van der Waals surface area contributed by atoms with E-state index in [1.165, 1.54) is 19.2 Å². The number of aliphatic carboxylic acids is 1. The number of aromatic nitrogens is 4. The maximum atomic E-state index is 12.5. The molecule has 10 nitrogen and oxygen atoms in total. The van der Waals surface area contributed by atoms with E-state index in [9.17, 15) is 9.59 Å². The number of aromatic amines is 2.